The lowest BCUT2D eigenvalue weighted by atomic mass is 10.2. The fourth-order valence-electron chi connectivity index (χ4n) is 1.80. The maximum absolute atomic E-state index is 5.45. The summed E-state index contributed by atoms with van der Waals surface area (Å²) in [4.78, 5) is 8.98. The monoisotopic (exact) mass is 240 g/mol. The molecule has 0 aromatic carbocycles. The first-order valence-electron chi connectivity index (χ1n) is 6.11. The molecule has 1 fully saturated rings. The Hall–Kier alpha value is -1.07. The van der Waals surface area contributed by atoms with Gasteiger partial charge in [-0.2, -0.15) is 0 Å². The summed E-state index contributed by atoms with van der Waals surface area (Å²) in [7, 11) is 1.53. The molecule has 2 N–H and O–H groups in total. The second-order valence-corrected chi connectivity index (χ2v) is 4.50. The third-order valence-electron chi connectivity index (χ3n) is 3.02. The van der Waals surface area contributed by atoms with Crippen LogP contribution >= 0.6 is 0 Å². The first-order valence-corrected chi connectivity index (χ1v) is 6.11. The molecule has 0 bridgehead atoms. The molecule has 0 amide bonds. The molecular formula is C12H24N4O. The maximum Gasteiger partial charge on any atom is 0.202 e. The minimum atomic E-state index is 0.339. The highest BCUT2D eigenvalue weighted by molar-refractivity contribution is 5.60. The van der Waals surface area contributed by atoms with Gasteiger partial charge in [-0.25, -0.2) is 0 Å². The van der Waals surface area contributed by atoms with Crippen molar-refractivity contribution in [1.29, 1.82) is 0 Å². The normalized spacial score (nSPS) is 20.4. The molecule has 0 aromatic rings. The molecule has 0 spiro atoms. The minimum Gasteiger partial charge on any atom is -0.482 e. The van der Waals surface area contributed by atoms with Gasteiger partial charge in [0.05, 0.1) is 13.3 Å². The van der Waals surface area contributed by atoms with Gasteiger partial charge >= 0.3 is 0 Å². The van der Waals surface area contributed by atoms with Gasteiger partial charge in [-0.05, 0) is 13.8 Å². The molecule has 1 heterocycles. The van der Waals surface area contributed by atoms with E-state index in [4.69, 9.17) is 10.5 Å². The van der Waals surface area contributed by atoms with Gasteiger partial charge in [-0.1, -0.05) is 0 Å². The Bertz CT molecular complexity index is 268. The van der Waals surface area contributed by atoms with Crippen molar-refractivity contribution in [2.45, 2.75) is 19.9 Å². The quantitative estimate of drug-likeness (QED) is 0.561. The van der Waals surface area contributed by atoms with E-state index < -0.39 is 0 Å². The number of rotatable bonds is 5. The summed E-state index contributed by atoms with van der Waals surface area (Å²) < 4.78 is 4.79. The van der Waals surface area contributed by atoms with Gasteiger partial charge in [-0.15, -0.1) is 0 Å². The largest absolute Gasteiger partial charge is 0.482 e. The summed E-state index contributed by atoms with van der Waals surface area (Å²) in [6.45, 7) is 9.86. The molecular weight excluding hydrogens is 216 g/mol. The highest BCUT2D eigenvalue weighted by atomic mass is 16.5. The molecule has 1 saturated heterocycles. The van der Waals surface area contributed by atoms with Gasteiger partial charge in [0, 0.05) is 45.0 Å². The fourth-order valence-corrected chi connectivity index (χ4v) is 1.80. The van der Waals surface area contributed by atoms with Crippen LogP contribution in [0.2, 0.25) is 0 Å². The minimum absolute atomic E-state index is 0.339. The van der Waals surface area contributed by atoms with E-state index in [0.717, 1.165) is 32.7 Å². The molecule has 0 unspecified atom stereocenters. The van der Waals surface area contributed by atoms with E-state index in [2.05, 4.69) is 28.6 Å². The topological polar surface area (TPSA) is 54.1 Å². The summed E-state index contributed by atoms with van der Waals surface area (Å²) in [5, 5.41) is 0. The second-order valence-electron chi connectivity index (χ2n) is 4.50. The van der Waals surface area contributed by atoms with Crippen LogP contribution in [-0.4, -0.2) is 61.9 Å². The Kier molecular flexibility index (Phi) is 6.00. The van der Waals surface area contributed by atoms with E-state index in [1.165, 1.54) is 13.3 Å². The zero-order chi connectivity index (χ0) is 12.7. The van der Waals surface area contributed by atoms with E-state index in [9.17, 15) is 0 Å². The second kappa shape index (κ2) is 7.29. The van der Waals surface area contributed by atoms with E-state index in [0.29, 0.717) is 11.9 Å². The van der Waals surface area contributed by atoms with E-state index in [1.807, 2.05) is 6.21 Å². The molecule has 98 valence electrons. The number of nitrogens with two attached hydrogens (primary N) is 1. The number of hydrogen-bond donors (Lipinski definition) is 1. The van der Waals surface area contributed by atoms with Crippen molar-refractivity contribution in [2.75, 3.05) is 39.8 Å². The lowest BCUT2D eigenvalue weighted by Gasteiger charge is -2.36. The summed E-state index contributed by atoms with van der Waals surface area (Å²) in [5.41, 5.74) is 5.45. The van der Waals surface area contributed by atoms with Gasteiger partial charge in [0.1, 0.15) is 0 Å². The predicted octanol–water partition coefficient (Wildman–Crippen LogP) is 0.487. The first-order chi connectivity index (χ1) is 8.13. The maximum atomic E-state index is 5.45. The molecule has 0 aliphatic carbocycles. The molecule has 5 heteroatoms. The summed E-state index contributed by atoms with van der Waals surface area (Å²) in [5.74, 6) is 0.339. The van der Waals surface area contributed by atoms with Crippen LogP contribution < -0.4 is 5.73 Å². The Morgan fingerprint density at radius 3 is 2.53 bits per heavy atom. The average Bonchev–Trinajstić information content (AvgIpc) is 2.34. The number of hydrogen-bond acceptors (Lipinski definition) is 5. The van der Waals surface area contributed by atoms with Crippen LogP contribution in [0.1, 0.15) is 13.8 Å². The molecule has 1 aliphatic rings. The predicted molar refractivity (Wildman–Crippen MR) is 70.9 cm³/mol. The first kappa shape index (κ1) is 14.0. The van der Waals surface area contributed by atoms with Crippen molar-refractivity contribution < 1.29 is 4.74 Å². The molecule has 0 saturated carbocycles. The third kappa shape index (κ3) is 5.19. The van der Waals surface area contributed by atoms with Crippen molar-refractivity contribution in [3.63, 3.8) is 0 Å². The number of methoxy groups -OCH3 is 1. The molecule has 0 radical (unpaired) electrons. The van der Waals surface area contributed by atoms with Crippen molar-refractivity contribution in [1.82, 2.24) is 9.80 Å². The third-order valence-corrected chi connectivity index (χ3v) is 3.02. The van der Waals surface area contributed by atoms with E-state index in [1.54, 1.807) is 0 Å². The van der Waals surface area contributed by atoms with Crippen LogP contribution in [0.25, 0.3) is 0 Å². The van der Waals surface area contributed by atoms with Crippen LogP contribution in [0.5, 0.6) is 0 Å². The molecule has 0 atom stereocenters. The lowest BCUT2D eigenvalue weighted by Crippen LogP contribution is -2.49. The number of nitrogens with zero attached hydrogens (tertiary/aromatic N) is 3. The Morgan fingerprint density at radius 1 is 1.35 bits per heavy atom. The summed E-state index contributed by atoms with van der Waals surface area (Å²) >= 11 is 0. The Morgan fingerprint density at radius 2 is 2.00 bits per heavy atom. The Balaban J connectivity index is 2.22. The van der Waals surface area contributed by atoms with Gasteiger partial charge in [-0.3, -0.25) is 14.8 Å². The fraction of sp³-hybridized carbons (Fsp3) is 0.750. The van der Waals surface area contributed by atoms with Crippen LogP contribution in [0.3, 0.4) is 0 Å². The van der Waals surface area contributed by atoms with E-state index in [-0.39, 0.29) is 0 Å². The molecule has 17 heavy (non-hydrogen) atoms. The SMILES string of the molecule is CO/C(N)=C/N=CCN1CCN(C(C)C)CC1. The zero-order valence-electron chi connectivity index (χ0n) is 11.1. The molecule has 0 aromatic heterocycles. The highest BCUT2D eigenvalue weighted by Crippen LogP contribution is 2.04. The Labute approximate surface area is 104 Å². The van der Waals surface area contributed by atoms with Gasteiger partial charge in [0.15, 0.2) is 0 Å². The smallest absolute Gasteiger partial charge is 0.202 e. The van der Waals surface area contributed by atoms with Crippen molar-refractivity contribution in [3.05, 3.63) is 12.1 Å². The summed E-state index contributed by atoms with van der Waals surface area (Å²) in [6, 6.07) is 0.648. The highest BCUT2D eigenvalue weighted by Gasteiger charge is 2.17. The lowest BCUT2D eigenvalue weighted by molar-refractivity contribution is 0.120. The van der Waals surface area contributed by atoms with Crippen LogP contribution in [0.15, 0.2) is 17.1 Å². The van der Waals surface area contributed by atoms with E-state index >= 15 is 0 Å². The van der Waals surface area contributed by atoms with Crippen molar-refractivity contribution in [2.24, 2.45) is 10.7 Å². The number of aliphatic imine (C=N–C) groups is 1. The van der Waals surface area contributed by atoms with Crippen LogP contribution in [0.4, 0.5) is 0 Å². The molecule has 1 aliphatic heterocycles. The van der Waals surface area contributed by atoms with Gasteiger partial charge in [0.2, 0.25) is 5.88 Å². The molecule has 1 rings (SSSR count). The number of piperazine rings is 1. The average molecular weight is 240 g/mol. The standard InChI is InChI=1S/C12H24N4O/c1-11(2)16-8-6-15(7-9-16)5-4-14-10-12(13)17-3/h4,10-11H,5-9,13H2,1-3H3/b12-10+,14-4?. The van der Waals surface area contributed by atoms with Gasteiger partial charge < -0.3 is 10.5 Å². The van der Waals surface area contributed by atoms with Gasteiger partial charge in [0.25, 0.3) is 0 Å². The summed E-state index contributed by atoms with van der Waals surface area (Å²) in [6.07, 6.45) is 3.40. The zero-order valence-corrected chi connectivity index (χ0v) is 11.1. The number of ether oxygens (including phenoxy) is 1. The van der Waals surface area contributed by atoms with Crippen molar-refractivity contribution >= 4 is 6.21 Å². The molecule has 5 nitrogen and oxygen atoms in total. The van der Waals surface area contributed by atoms with Crippen LogP contribution in [0, 0.1) is 0 Å². The van der Waals surface area contributed by atoms with Crippen LogP contribution in [-0.2, 0) is 4.74 Å². The van der Waals surface area contributed by atoms with Crippen molar-refractivity contribution in [3.8, 4) is 0 Å².